The van der Waals surface area contributed by atoms with Crippen LogP contribution < -0.4 is 15.4 Å². The number of fused-ring (bicyclic) bond motifs is 1. The molecule has 6 heteroatoms. The van der Waals surface area contributed by atoms with Crippen molar-refractivity contribution < 1.29 is 9.53 Å². The first-order valence-corrected chi connectivity index (χ1v) is 10.8. The third-order valence-corrected chi connectivity index (χ3v) is 5.80. The third kappa shape index (κ3) is 5.22. The molecule has 1 saturated carbocycles. The van der Waals surface area contributed by atoms with Crippen LogP contribution in [0.4, 0.5) is 5.82 Å². The molecule has 1 aliphatic rings. The molecule has 0 radical (unpaired) electrons. The number of carbonyl (C=O) groups excluding carboxylic acids is 1. The van der Waals surface area contributed by atoms with E-state index >= 15 is 0 Å². The van der Waals surface area contributed by atoms with Crippen LogP contribution in [-0.2, 0) is 4.79 Å². The average Bonchev–Trinajstić information content (AvgIpc) is 2.75. The first-order chi connectivity index (χ1) is 14.6. The van der Waals surface area contributed by atoms with Crippen LogP contribution in [0.15, 0.2) is 54.6 Å². The molecule has 0 saturated heterocycles. The molecule has 0 bridgehead atoms. The highest BCUT2D eigenvalue weighted by atomic mass is 35.5. The predicted octanol–water partition coefficient (Wildman–Crippen LogP) is 5.11. The zero-order valence-electron chi connectivity index (χ0n) is 17.0. The van der Waals surface area contributed by atoms with Crippen LogP contribution in [-0.4, -0.2) is 29.6 Å². The van der Waals surface area contributed by atoms with Gasteiger partial charge in [-0.3, -0.25) is 4.79 Å². The Bertz CT molecular complexity index is 1010. The SMILES string of the molecule is Cc1cc(NC2CCC(NC(=O)COc3ccc(Cl)cc3)CC2)nc2ccccc12. The van der Waals surface area contributed by atoms with Crippen molar-refractivity contribution in [3.63, 3.8) is 0 Å². The van der Waals surface area contributed by atoms with Crippen LogP contribution in [0.1, 0.15) is 31.2 Å². The molecule has 0 aliphatic heterocycles. The van der Waals surface area contributed by atoms with E-state index in [1.54, 1.807) is 24.3 Å². The van der Waals surface area contributed by atoms with Crippen molar-refractivity contribution in [2.45, 2.75) is 44.7 Å². The molecule has 30 heavy (non-hydrogen) atoms. The fraction of sp³-hybridized carbons (Fsp3) is 0.333. The van der Waals surface area contributed by atoms with Gasteiger partial charge in [-0.05, 0) is 74.6 Å². The lowest BCUT2D eigenvalue weighted by molar-refractivity contribution is -0.124. The number of pyridine rings is 1. The Hall–Kier alpha value is -2.79. The minimum Gasteiger partial charge on any atom is -0.484 e. The van der Waals surface area contributed by atoms with E-state index in [0.29, 0.717) is 16.8 Å². The van der Waals surface area contributed by atoms with Gasteiger partial charge in [-0.15, -0.1) is 0 Å². The summed E-state index contributed by atoms with van der Waals surface area (Å²) >= 11 is 5.86. The van der Waals surface area contributed by atoms with E-state index in [2.05, 4.69) is 29.7 Å². The summed E-state index contributed by atoms with van der Waals surface area (Å²) in [5.74, 6) is 1.48. The van der Waals surface area contributed by atoms with E-state index in [0.717, 1.165) is 37.0 Å². The Morgan fingerprint density at radius 1 is 1.07 bits per heavy atom. The largest absolute Gasteiger partial charge is 0.484 e. The molecule has 1 aliphatic carbocycles. The standard InChI is InChI=1S/C24H26ClN3O2/c1-16-14-23(28-22-5-3-2-4-21(16)22)26-18-8-10-19(11-9-18)27-24(29)15-30-20-12-6-17(25)7-13-20/h2-7,12-14,18-19H,8-11,15H2,1H3,(H,26,28)(H,27,29). The molecule has 1 amide bonds. The zero-order valence-corrected chi connectivity index (χ0v) is 17.8. The highest BCUT2D eigenvalue weighted by Gasteiger charge is 2.23. The van der Waals surface area contributed by atoms with Gasteiger partial charge in [0.05, 0.1) is 5.52 Å². The summed E-state index contributed by atoms with van der Waals surface area (Å²) in [4.78, 5) is 16.9. The predicted molar refractivity (Wildman–Crippen MR) is 121 cm³/mol. The molecule has 4 rings (SSSR count). The van der Waals surface area contributed by atoms with Gasteiger partial charge in [-0.25, -0.2) is 4.98 Å². The lowest BCUT2D eigenvalue weighted by Crippen LogP contribution is -2.42. The Morgan fingerprint density at radius 2 is 1.77 bits per heavy atom. The molecule has 1 fully saturated rings. The van der Waals surface area contributed by atoms with Crippen LogP contribution in [0.5, 0.6) is 5.75 Å². The quantitative estimate of drug-likeness (QED) is 0.578. The van der Waals surface area contributed by atoms with Crippen LogP contribution in [0.2, 0.25) is 5.02 Å². The second-order valence-corrected chi connectivity index (χ2v) is 8.28. The lowest BCUT2D eigenvalue weighted by Gasteiger charge is -2.30. The smallest absolute Gasteiger partial charge is 0.258 e. The van der Waals surface area contributed by atoms with Gasteiger partial charge in [-0.1, -0.05) is 29.8 Å². The number of aromatic nitrogens is 1. The summed E-state index contributed by atoms with van der Waals surface area (Å²) in [7, 11) is 0. The molecule has 2 N–H and O–H groups in total. The van der Waals surface area contributed by atoms with Gasteiger partial charge in [0.15, 0.2) is 6.61 Å². The van der Waals surface area contributed by atoms with E-state index in [4.69, 9.17) is 21.3 Å². The van der Waals surface area contributed by atoms with Crippen LogP contribution in [0, 0.1) is 6.92 Å². The molecule has 156 valence electrons. The summed E-state index contributed by atoms with van der Waals surface area (Å²) in [6, 6.07) is 17.9. The van der Waals surface area contributed by atoms with Gasteiger partial charge < -0.3 is 15.4 Å². The zero-order chi connectivity index (χ0) is 20.9. The van der Waals surface area contributed by atoms with E-state index < -0.39 is 0 Å². The van der Waals surface area contributed by atoms with Gasteiger partial charge >= 0.3 is 0 Å². The average molecular weight is 424 g/mol. The van der Waals surface area contributed by atoms with Crippen LogP contribution in [0.25, 0.3) is 10.9 Å². The molecule has 3 aromatic rings. The Balaban J connectivity index is 1.24. The maximum Gasteiger partial charge on any atom is 0.258 e. The summed E-state index contributed by atoms with van der Waals surface area (Å²) < 4.78 is 5.52. The number of hydrogen-bond donors (Lipinski definition) is 2. The minimum atomic E-state index is -0.0896. The topological polar surface area (TPSA) is 63.2 Å². The second kappa shape index (κ2) is 9.35. The summed E-state index contributed by atoms with van der Waals surface area (Å²) in [6.45, 7) is 2.13. The Kier molecular flexibility index (Phi) is 6.38. The number of amides is 1. The van der Waals surface area contributed by atoms with Crippen molar-refractivity contribution in [3.05, 3.63) is 65.2 Å². The number of nitrogens with one attached hydrogen (secondary N) is 2. The van der Waals surface area contributed by atoms with Crippen molar-refractivity contribution in [1.29, 1.82) is 0 Å². The minimum absolute atomic E-state index is 0.0140. The number of nitrogens with zero attached hydrogens (tertiary/aromatic N) is 1. The number of para-hydroxylation sites is 1. The molecule has 0 atom stereocenters. The summed E-state index contributed by atoms with van der Waals surface area (Å²) in [5.41, 5.74) is 2.24. The maximum atomic E-state index is 12.2. The molecule has 5 nitrogen and oxygen atoms in total. The lowest BCUT2D eigenvalue weighted by atomic mass is 9.91. The molecule has 2 aromatic carbocycles. The van der Waals surface area contributed by atoms with Crippen molar-refractivity contribution in [2.75, 3.05) is 11.9 Å². The molecule has 0 spiro atoms. The van der Waals surface area contributed by atoms with E-state index in [9.17, 15) is 4.79 Å². The fourth-order valence-corrected chi connectivity index (χ4v) is 4.09. The fourth-order valence-electron chi connectivity index (χ4n) is 3.96. The van der Waals surface area contributed by atoms with Gasteiger partial charge in [0.2, 0.25) is 0 Å². The van der Waals surface area contributed by atoms with Gasteiger partial charge in [0.1, 0.15) is 11.6 Å². The van der Waals surface area contributed by atoms with E-state index in [1.807, 2.05) is 18.2 Å². The van der Waals surface area contributed by atoms with Crippen molar-refractivity contribution in [1.82, 2.24) is 10.3 Å². The number of carbonyl (C=O) groups is 1. The Labute approximate surface area is 181 Å². The first-order valence-electron chi connectivity index (χ1n) is 10.4. The highest BCUT2D eigenvalue weighted by Crippen LogP contribution is 2.25. The third-order valence-electron chi connectivity index (χ3n) is 5.55. The van der Waals surface area contributed by atoms with Crippen molar-refractivity contribution in [2.24, 2.45) is 0 Å². The number of ether oxygens (including phenoxy) is 1. The number of anilines is 1. The summed E-state index contributed by atoms with van der Waals surface area (Å²) in [5, 5.41) is 8.50. The van der Waals surface area contributed by atoms with Crippen molar-refractivity contribution in [3.8, 4) is 5.75 Å². The monoisotopic (exact) mass is 423 g/mol. The molecule has 1 heterocycles. The Morgan fingerprint density at radius 3 is 2.53 bits per heavy atom. The van der Waals surface area contributed by atoms with E-state index in [-0.39, 0.29) is 18.6 Å². The molecular weight excluding hydrogens is 398 g/mol. The summed E-state index contributed by atoms with van der Waals surface area (Å²) in [6.07, 6.45) is 3.88. The van der Waals surface area contributed by atoms with E-state index in [1.165, 1.54) is 10.9 Å². The van der Waals surface area contributed by atoms with Crippen LogP contribution in [0.3, 0.4) is 0 Å². The van der Waals surface area contributed by atoms with Crippen LogP contribution >= 0.6 is 11.6 Å². The molecular formula is C24H26ClN3O2. The first kappa shape index (κ1) is 20.5. The number of rotatable bonds is 6. The normalized spacial score (nSPS) is 18.7. The number of halogens is 1. The van der Waals surface area contributed by atoms with Gasteiger partial charge in [-0.2, -0.15) is 0 Å². The van der Waals surface area contributed by atoms with Gasteiger partial charge in [0, 0.05) is 22.5 Å². The van der Waals surface area contributed by atoms with Gasteiger partial charge in [0.25, 0.3) is 5.91 Å². The molecule has 1 aromatic heterocycles. The second-order valence-electron chi connectivity index (χ2n) is 7.84. The van der Waals surface area contributed by atoms with Crippen molar-refractivity contribution >= 4 is 34.2 Å². The maximum absolute atomic E-state index is 12.2. The number of hydrogen-bond acceptors (Lipinski definition) is 4. The molecule has 0 unspecified atom stereocenters. The number of benzene rings is 2. The number of aryl methyl sites for hydroxylation is 1. The highest BCUT2D eigenvalue weighted by molar-refractivity contribution is 6.30.